The van der Waals surface area contributed by atoms with Crippen LogP contribution in [0.3, 0.4) is 0 Å². The average Bonchev–Trinajstić information content (AvgIpc) is 2.41. The van der Waals surface area contributed by atoms with Crippen molar-refractivity contribution >= 4 is 11.8 Å². The van der Waals surface area contributed by atoms with E-state index < -0.39 is 0 Å². The maximum absolute atomic E-state index is 11.8. The van der Waals surface area contributed by atoms with Gasteiger partial charge in [-0.3, -0.25) is 4.90 Å². The molecular formula is C15H22N2O2. The van der Waals surface area contributed by atoms with Crippen LogP contribution in [0.5, 0.6) is 0 Å². The first-order valence-corrected chi connectivity index (χ1v) is 6.80. The predicted molar refractivity (Wildman–Crippen MR) is 76.6 cm³/mol. The third-order valence-electron chi connectivity index (χ3n) is 3.47. The summed E-state index contributed by atoms with van der Waals surface area (Å²) in [6.07, 6.45) is -0.246. The van der Waals surface area contributed by atoms with Crippen molar-refractivity contribution in [1.29, 1.82) is 0 Å². The first-order chi connectivity index (χ1) is 9.11. The second kappa shape index (κ2) is 6.06. The molecule has 4 heteroatoms. The van der Waals surface area contributed by atoms with E-state index in [0.717, 1.165) is 12.2 Å². The topological polar surface area (TPSA) is 41.6 Å². The van der Waals surface area contributed by atoms with Gasteiger partial charge in [0.15, 0.2) is 0 Å². The van der Waals surface area contributed by atoms with Crippen molar-refractivity contribution in [2.75, 3.05) is 31.6 Å². The Morgan fingerprint density at radius 2 is 2.05 bits per heavy atom. The zero-order valence-electron chi connectivity index (χ0n) is 11.8. The quantitative estimate of drug-likeness (QED) is 0.907. The molecule has 0 aliphatic carbocycles. The van der Waals surface area contributed by atoms with Crippen LogP contribution in [0.25, 0.3) is 0 Å². The van der Waals surface area contributed by atoms with Crippen molar-refractivity contribution < 1.29 is 9.53 Å². The maximum atomic E-state index is 11.8. The molecule has 2 rings (SSSR count). The van der Waals surface area contributed by atoms with Crippen molar-refractivity contribution in [3.05, 3.63) is 29.8 Å². The summed E-state index contributed by atoms with van der Waals surface area (Å²) in [5, 5.41) is 3.13. The lowest BCUT2D eigenvalue weighted by Crippen LogP contribution is -2.46. The van der Waals surface area contributed by atoms with E-state index in [-0.39, 0.29) is 6.09 Å². The fourth-order valence-electron chi connectivity index (χ4n) is 2.31. The van der Waals surface area contributed by atoms with Gasteiger partial charge in [-0.2, -0.15) is 0 Å². The summed E-state index contributed by atoms with van der Waals surface area (Å²) in [6.45, 7) is 6.38. The number of cyclic esters (lactones) is 1. The van der Waals surface area contributed by atoms with Gasteiger partial charge in [0, 0.05) is 24.7 Å². The van der Waals surface area contributed by atoms with Crippen LogP contribution in [0.1, 0.15) is 25.3 Å². The summed E-state index contributed by atoms with van der Waals surface area (Å²) < 4.78 is 5.23. The third-order valence-corrected chi connectivity index (χ3v) is 3.47. The van der Waals surface area contributed by atoms with Gasteiger partial charge >= 0.3 is 6.09 Å². The Morgan fingerprint density at radius 1 is 1.37 bits per heavy atom. The van der Waals surface area contributed by atoms with Crippen LogP contribution in [0.4, 0.5) is 10.5 Å². The molecule has 1 aromatic carbocycles. The van der Waals surface area contributed by atoms with Gasteiger partial charge in [-0.15, -0.1) is 0 Å². The normalized spacial score (nSPS) is 19.7. The van der Waals surface area contributed by atoms with Crippen LogP contribution in [0, 0.1) is 5.92 Å². The third kappa shape index (κ3) is 3.26. The Bertz CT molecular complexity index is 428. The highest BCUT2D eigenvalue weighted by Gasteiger charge is 2.27. The zero-order valence-corrected chi connectivity index (χ0v) is 11.8. The molecule has 19 heavy (non-hydrogen) atoms. The minimum absolute atomic E-state index is 0.246. The Kier molecular flexibility index (Phi) is 4.43. The molecule has 1 fully saturated rings. The molecule has 1 heterocycles. The Balaban J connectivity index is 2.12. The van der Waals surface area contributed by atoms with Gasteiger partial charge in [0.05, 0.1) is 6.61 Å². The number of rotatable bonds is 4. The molecule has 104 valence electrons. The van der Waals surface area contributed by atoms with E-state index in [2.05, 4.69) is 31.3 Å². The molecule has 1 saturated heterocycles. The first kappa shape index (κ1) is 13.9. The molecular weight excluding hydrogens is 240 g/mol. The zero-order chi connectivity index (χ0) is 13.8. The molecule has 0 saturated carbocycles. The largest absolute Gasteiger partial charge is 0.449 e. The van der Waals surface area contributed by atoms with Gasteiger partial charge in [0.1, 0.15) is 0 Å². The van der Waals surface area contributed by atoms with Crippen LogP contribution in [-0.4, -0.2) is 32.8 Å². The van der Waals surface area contributed by atoms with Gasteiger partial charge < -0.3 is 10.1 Å². The number of benzene rings is 1. The lowest BCUT2D eigenvalue weighted by molar-refractivity contribution is 0.115. The number of ether oxygens (including phenoxy) is 1. The number of nitrogens with one attached hydrogen (secondary N) is 1. The molecule has 1 amide bonds. The molecule has 1 aliphatic rings. The van der Waals surface area contributed by atoms with E-state index in [1.165, 1.54) is 5.56 Å². The summed E-state index contributed by atoms with van der Waals surface area (Å²) in [7, 11) is 1.91. The average molecular weight is 262 g/mol. The summed E-state index contributed by atoms with van der Waals surface area (Å²) >= 11 is 0. The number of carbonyl (C=O) groups is 1. The van der Waals surface area contributed by atoms with Crippen molar-refractivity contribution in [2.45, 2.75) is 19.8 Å². The van der Waals surface area contributed by atoms with Crippen molar-refractivity contribution in [3.8, 4) is 0 Å². The summed E-state index contributed by atoms with van der Waals surface area (Å²) in [4.78, 5) is 13.6. The Hall–Kier alpha value is -1.55. The fraction of sp³-hybridized carbons (Fsp3) is 0.533. The molecule has 1 aromatic rings. The highest BCUT2D eigenvalue weighted by atomic mass is 16.6. The van der Waals surface area contributed by atoms with E-state index in [4.69, 9.17) is 4.74 Å². The van der Waals surface area contributed by atoms with E-state index in [9.17, 15) is 4.79 Å². The molecule has 1 aliphatic heterocycles. The van der Waals surface area contributed by atoms with E-state index in [1.54, 1.807) is 4.90 Å². The number of carbonyl (C=O) groups excluding carboxylic acids is 1. The number of hydrogen-bond donors (Lipinski definition) is 1. The highest BCUT2D eigenvalue weighted by Crippen LogP contribution is 2.23. The van der Waals surface area contributed by atoms with Crippen LogP contribution >= 0.6 is 0 Å². The van der Waals surface area contributed by atoms with E-state index >= 15 is 0 Å². The molecule has 0 radical (unpaired) electrons. The molecule has 4 nitrogen and oxygen atoms in total. The summed E-state index contributed by atoms with van der Waals surface area (Å²) in [5.74, 6) is 0.840. The van der Waals surface area contributed by atoms with E-state index in [0.29, 0.717) is 25.0 Å². The maximum Gasteiger partial charge on any atom is 0.414 e. The SMILES string of the molecule is CNCC1COC(=O)N(c2ccc(C(C)C)cc2)C1. The van der Waals surface area contributed by atoms with Crippen molar-refractivity contribution in [2.24, 2.45) is 5.92 Å². The predicted octanol–water partition coefficient (Wildman–Crippen LogP) is 2.60. The minimum atomic E-state index is -0.246. The van der Waals surface area contributed by atoms with E-state index in [1.807, 2.05) is 19.2 Å². The Labute approximate surface area is 114 Å². The van der Waals surface area contributed by atoms with Crippen LogP contribution in [-0.2, 0) is 4.74 Å². The van der Waals surface area contributed by atoms with Crippen LogP contribution < -0.4 is 10.2 Å². The van der Waals surface area contributed by atoms with Gasteiger partial charge in [-0.1, -0.05) is 26.0 Å². The van der Waals surface area contributed by atoms with Crippen LogP contribution in [0.15, 0.2) is 24.3 Å². The van der Waals surface area contributed by atoms with Gasteiger partial charge in [0.25, 0.3) is 0 Å². The first-order valence-electron chi connectivity index (χ1n) is 6.80. The van der Waals surface area contributed by atoms with Crippen molar-refractivity contribution in [1.82, 2.24) is 5.32 Å². The van der Waals surface area contributed by atoms with Crippen molar-refractivity contribution in [3.63, 3.8) is 0 Å². The molecule has 0 bridgehead atoms. The number of nitrogens with zero attached hydrogens (tertiary/aromatic N) is 1. The minimum Gasteiger partial charge on any atom is -0.449 e. The smallest absolute Gasteiger partial charge is 0.414 e. The molecule has 1 N–H and O–H groups in total. The molecule has 1 atom stereocenters. The number of amides is 1. The number of anilines is 1. The summed E-state index contributed by atoms with van der Waals surface area (Å²) in [6, 6.07) is 8.15. The lowest BCUT2D eigenvalue weighted by Gasteiger charge is -2.32. The fourth-order valence-corrected chi connectivity index (χ4v) is 2.31. The Morgan fingerprint density at radius 3 is 2.63 bits per heavy atom. The monoisotopic (exact) mass is 262 g/mol. The second-order valence-corrected chi connectivity index (χ2v) is 5.36. The molecule has 1 unspecified atom stereocenters. The van der Waals surface area contributed by atoms with Gasteiger partial charge in [-0.05, 0) is 30.7 Å². The van der Waals surface area contributed by atoms with Gasteiger partial charge in [-0.25, -0.2) is 4.79 Å². The van der Waals surface area contributed by atoms with Crippen LogP contribution in [0.2, 0.25) is 0 Å². The standard InChI is InChI=1S/C15H22N2O2/c1-11(2)13-4-6-14(7-5-13)17-9-12(8-16-3)10-19-15(17)18/h4-7,11-12,16H,8-10H2,1-3H3. The molecule has 0 aromatic heterocycles. The highest BCUT2D eigenvalue weighted by molar-refractivity contribution is 5.88. The second-order valence-electron chi connectivity index (χ2n) is 5.36. The number of hydrogen-bond acceptors (Lipinski definition) is 3. The molecule has 0 spiro atoms. The summed E-state index contributed by atoms with van der Waals surface area (Å²) in [5.41, 5.74) is 2.19. The lowest BCUT2D eigenvalue weighted by atomic mass is 10.0. The van der Waals surface area contributed by atoms with Gasteiger partial charge in [0.2, 0.25) is 0 Å².